The predicted molar refractivity (Wildman–Crippen MR) is 58.9 cm³/mol. The van der Waals surface area contributed by atoms with Gasteiger partial charge >= 0.3 is 5.69 Å². The zero-order valence-corrected chi connectivity index (χ0v) is 9.44. The van der Waals surface area contributed by atoms with Gasteiger partial charge in [-0.25, -0.2) is 9.89 Å². The highest BCUT2D eigenvalue weighted by atomic mass is 35.5. The van der Waals surface area contributed by atoms with Crippen LogP contribution in [0, 0.1) is 0 Å². The lowest BCUT2D eigenvalue weighted by Gasteiger charge is -2.00. The van der Waals surface area contributed by atoms with Crippen LogP contribution in [0.3, 0.4) is 0 Å². The number of halogens is 1. The van der Waals surface area contributed by atoms with E-state index in [1.807, 2.05) is 13.0 Å². The molecule has 1 N–H and O–H groups in total. The second kappa shape index (κ2) is 5.93. The van der Waals surface area contributed by atoms with E-state index in [0.717, 1.165) is 12.2 Å². The number of aromatic amines is 1. The fourth-order valence-electron chi connectivity index (χ4n) is 0.993. The maximum atomic E-state index is 11.3. The van der Waals surface area contributed by atoms with Crippen LogP contribution in [0.2, 0.25) is 0 Å². The number of rotatable bonds is 5. The predicted octanol–water partition coefficient (Wildman–Crippen LogP) is 1.83. The first-order valence-corrected chi connectivity index (χ1v) is 5.75. The van der Waals surface area contributed by atoms with Crippen LogP contribution in [0.25, 0.3) is 0 Å². The Hall–Kier alpha value is -0.680. The lowest BCUT2D eigenvalue weighted by molar-refractivity contribution is 0.604. The van der Waals surface area contributed by atoms with Crippen LogP contribution in [-0.2, 0) is 6.54 Å². The van der Waals surface area contributed by atoms with E-state index in [-0.39, 0.29) is 5.69 Å². The SMILES string of the molecule is CCCn1c(SC/C=C/Cl)n[nH]c1=O. The van der Waals surface area contributed by atoms with Crippen molar-refractivity contribution in [3.8, 4) is 0 Å². The molecule has 0 aliphatic carbocycles. The summed E-state index contributed by atoms with van der Waals surface area (Å²) in [5.41, 5.74) is 1.31. The molecule has 0 radical (unpaired) electrons. The zero-order valence-electron chi connectivity index (χ0n) is 7.86. The van der Waals surface area contributed by atoms with E-state index >= 15 is 0 Å². The molecule has 0 amide bonds. The van der Waals surface area contributed by atoms with Crippen molar-refractivity contribution < 1.29 is 0 Å². The summed E-state index contributed by atoms with van der Waals surface area (Å²) < 4.78 is 1.63. The first-order chi connectivity index (χ1) is 6.79. The summed E-state index contributed by atoms with van der Waals surface area (Å²) in [7, 11) is 0. The standard InChI is InChI=1S/C8H12ClN3OS/c1-2-5-12-7(13)10-11-8(12)14-6-3-4-9/h3-4H,2,5-6H2,1H3,(H,10,13)/b4-3+. The van der Waals surface area contributed by atoms with Crippen LogP contribution in [0.1, 0.15) is 13.3 Å². The van der Waals surface area contributed by atoms with Gasteiger partial charge in [-0.2, -0.15) is 0 Å². The van der Waals surface area contributed by atoms with E-state index in [1.54, 1.807) is 4.57 Å². The Bertz CT molecular complexity index is 358. The third kappa shape index (κ3) is 2.92. The molecule has 0 saturated heterocycles. The molecule has 1 rings (SSSR count). The van der Waals surface area contributed by atoms with Gasteiger partial charge in [-0.3, -0.25) is 4.57 Å². The number of hydrogen-bond acceptors (Lipinski definition) is 3. The van der Waals surface area contributed by atoms with Crippen molar-refractivity contribution in [2.45, 2.75) is 25.0 Å². The molecular formula is C8H12ClN3OS. The van der Waals surface area contributed by atoms with Gasteiger partial charge in [0.15, 0.2) is 5.16 Å². The second-order valence-corrected chi connectivity index (χ2v) is 3.87. The average Bonchev–Trinajstić information content (AvgIpc) is 2.51. The van der Waals surface area contributed by atoms with Gasteiger partial charge in [0.25, 0.3) is 0 Å². The van der Waals surface area contributed by atoms with Crippen LogP contribution >= 0.6 is 23.4 Å². The van der Waals surface area contributed by atoms with Gasteiger partial charge in [-0.15, -0.1) is 5.10 Å². The summed E-state index contributed by atoms with van der Waals surface area (Å²) in [6.45, 7) is 2.72. The molecule has 0 aliphatic rings. The molecule has 78 valence electrons. The second-order valence-electron chi connectivity index (χ2n) is 2.64. The van der Waals surface area contributed by atoms with Crippen LogP contribution in [0.5, 0.6) is 0 Å². The minimum atomic E-state index is -0.149. The van der Waals surface area contributed by atoms with Crippen molar-refractivity contribution in [2.75, 3.05) is 5.75 Å². The average molecular weight is 234 g/mol. The van der Waals surface area contributed by atoms with E-state index in [0.29, 0.717) is 11.7 Å². The normalized spacial score (nSPS) is 11.3. The number of H-pyrrole nitrogens is 1. The molecule has 1 heterocycles. The molecule has 0 aromatic carbocycles. The monoisotopic (exact) mass is 233 g/mol. The first kappa shape index (κ1) is 11.4. The van der Waals surface area contributed by atoms with Gasteiger partial charge in [0.1, 0.15) is 0 Å². The number of nitrogens with one attached hydrogen (secondary N) is 1. The van der Waals surface area contributed by atoms with Crippen LogP contribution in [-0.4, -0.2) is 20.5 Å². The Balaban J connectivity index is 2.70. The van der Waals surface area contributed by atoms with E-state index in [4.69, 9.17) is 11.6 Å². The molecule has 6 heteroatoms. The van der Waals surface area contributed by atoms with Crippen molar-refractivity contribution in [3.63, 3.8) is 0 Å². The quantitative estimate of drug-likeness (QED) is 0.790. The summed E-state index contributed by atoms with van der Waals surface area (Å²) in [5, 5.41) is 7.06. The van der Waals surface area contributed by atoms with Crippen molar-refractivity contribution in [1.29, 1.82) is 0 Å². The zero-order chi connectivity index (χ0) is 10.4. The Labute approximate surface area is 91.3 Å². The summed E-state index contributed by atoms with van der Waals surface area (Å²) in [6.07, 6.45) is 2.72. The van der Waals surface area contributed by atoms with Gasteiger partial charge in [-0.05, 0) is 6.42 Å². The van der Waals surface area contributed by atoms with Gasteiger partial charge in [0, 0.05) is 17.8 Å². The molecule has 0 bridgehead atoms. The minimum Gasteiger partial charge on any atom is -0.270 e. The summed E-state index contributed by atoms with van der Waals surface area (Å²) in [4.78, 5) is 11.3. The molecule has 0 saturated carbocycles. The van der Waals surface area contributed by atoms with E-state index in [1.165, 1.54) is 17.3 Å². The molecule has 14 heavy (non-hydrogen) atoms. The van der Waals surface area contributed by atoms with E-state index in [9.17, 15) is 4.79 Å². The summed E-state index contributed by atoms with van der Waals surface area (Å²) in [6, 6.07) is 0. The van der Waals surface area contributed by atoms with Crippen molar-refractivity contribution in [3.05, 3.63) is 22.1 Å². The topological polar surface area (TPSA) is 50.7 Å². The smallest absolute Gasteiger partial charge is 0.270 e. The highest BCUT2D eigenvalue weighted by molar-refractivity contribution is 7.99. The first-order valence-electron chi connectivity index (χ1n) is 4.32. The molecular weight excluding hydrogens is 222 g/mol. The summed E-state index contributed by atoms with van der Waals surface area (Å²) in [5.74, 6) is 0.720. The van der Waals surface area contributed by atoms with Gasteiger partial charge < -0.3 is 0 Å². The highest BCUT2D eigenvalue weighted by Gasteiger charge is 2.06. The van der Waals surface area contributed by atoms with Crippen molar-refractivity contribution >= 4 is 23.4 Å². The maximum Gasteiger partial charge on any atom is 0.343 e. The molecule has 0 atom stereocenters. The fourth-order valence-corrected chi connectivity index (χ4v) is 1.97. The Morgan fingerprint density at radius 1 is 1.71 bits per heavy atom. The highest BCUT2D eigenvalue weighted by Crippen LogP contribution is 2.13. The van der Waals surface area contributed by atoms with Gasteiger partial charge in [-0.1, -0.05) is 36.4 Å². The third-order valence-electron chi connectivity index (χ3n) is 1.57. The maximum absolute atomic E-state index is 11.3. The lowest BCUT2D eigenvalue weighted by atomic mass is 10.5. The van der Waals surface area contributed by atoms with Crippen LogP contribution in [0.15, 0.2) is 21.6 Å². The minimum absolute atomic E-state index is 0.149. The third-order valence-corrected chi connectivity index (χ3v) is 2.68. The number of aromatic nitrogens is 3. The Morgan fingerprint density at radius 2 is 2.50 bits per heavy atom. The Kier molecular flexibility index (Phi) is 4.82. The molecule has 0 spiro atoms. The molecule has 1 aromatic heterocycles. The van der Waals surface area contributed by atoms with Crippen molar-refractivity contribution in [1.82, 2.24) is 14.8 Å². The molecule has 0 aliphatic heterocycles. The Morgan fingerprint density at radius 3 is 3.14 bits per heavy atom. The largest absolute Gasteiger partial charge is 0.343 e. The van der Waals surface area contributed by atoms with Crippen LogP contribution in [0.4, 0.5) is 0 Å². The molecule has 0 unspecified atom stereocenters. The van der Waals surface area contributed by atoms with Gasteiger partial charge in [0.05, 0.1) is 0 Å². The van der Waals surface area contributed by atoms with E-state index < -0.39 is 0 Å². The molecule has 0 fully saturated rings. The number of hydrogen-bond donors (Lipinski definition) is 1. The fraction of sp³-hybridized carbons (Fsp3) is 0.500. The van der Waals surface area contributed by atoms with Crippen molar-refractivity contribution in [2.24, 2.45) is 0 Å². The van der Waals surface area contributed by atoms with Gasteiger partial charge in [0.2, 0.25) is 0 Å². The molecule has 4 nitrogen and oxygen atoms in total. The van der Waals surface area contributed by atoms with Crippen LogP contribution < -0.4 is 5.69 Å². The number of thioether (sulfide) groups is 1. The van der Waals surface area contributed by atoms with E-state index in [2.05, 4.69) is 10.2 Å². The lowest BCUT2D eigenvalue weighted by Crippen LogP contribution is -2.17. The number of nitrogens with zero attached hydrogens (tertiary/aromatic N) is 2. The summed E-state index contributed by atoms with van der Waals surface area (Å²) >= 11 is 6.87. The molecule has 1 aromatic rings.